The fraction of sp³-hybridized carbons (Fsp3) is 0. The average Bonchev–Trinajstić information content (AvgIpc) is 2.03. The van der Waals surface area contributed by atoms with Crippen LogP contribution in [-0.2, 0) is 0 Å². The number of nitrogens with zero attached hydrogens (tertiary/aromatic N) is 1. The van der Waals surface area contributed by atoms with Gasteiger partial charge in [-0.2, -0.15) is 0 Å². The van der Waals surface area contributed by atoms with Gasteiger partial charge in [-0.25, -0.2) is 4.79 Å². The molecule has 0 aromatic heterocycles. The van der Waals surface area contributed by atoms with E-state index < -0.39 is 5.97 Å². The molecule has 1 aromatic carbocycles. The molecule has 0 bridgehead atoms. The van der Waals surface area contributed by atoms with Crippen molar-refractivity contribution in [2.75, 3.05) is 0 Å². The largest absolute Gasteiger partial charge is 0.508 e. The Kier molecular flexibility index (Phi) is 2.05. The lowest BCUT2D eigenvalue weighted by Crippen LogP contribution is -1.94. The molecule has 5 nitrogen and oxygen atoms in total. The van der Waals surface area contributed by atoms with Gasteiger partial charge in [-0.05, 0) is 17.3 Å². The van der Waals surface area contributed by atoms with Gasteiger partial charge in [0.25, 0.3) is 0 Å². The van der Waals surface area contributed by atoms with Crippen LogP contribution in [0.2, 0.25) is 0 Å². The third-order valence-corrected chi connectivity index (χ3v) is 1.25. The van der Waals surface area contributed by atoms with Crippen LogP contribution >= 0.6 is 0 Å². The highest BCUT2D eigenvalue weighted by Gasteiger charge is 2.06. The van der Waals surface area contributed by atoms with Crippen LogP contribution < -0.4 is 0 Å². The van der Waals surface area contributed by atoms with Crippen molar-refractivity contribution in [3.63, 3.8) is 0 Å². The SMILES string of the molecule is O=Nc1cc(O)cc(C(=O)O)c1. The summed E-state index contributed by atoms with van der Waals surface area (Å²) in [5.41, 5.74) is -0.267. The molecular weight excluding hydrogens is 162 g/mol. The minimum atomic E-state index is -1.21. The van der Waals surface area contributed by atoms with Crippen LogP contribution in [0.25, 0.3) is 0 Å². The summed E-state index contributed by atoms with van der Waals surface area (Å²) in [6.07, 6.45) is 0. The van der Waals surface area contributed by atoms with Crippen LogP contribution in [0, 0.1) is 4.91 Å². The van der Waals surface area contributed by atoms with Crippen molar-refractivity contribution in [2.45, 2.75) is 0 Å². The molecule has 0 heterocycles. The Morgan fingerprint density at radius 1 is 1.33 bits per heavy atom. The molecule has 0 aliphatic heterocycles. The first kappa shape index (κ1) is 8.19. The van der Waals surface area contributed by atoms with Crippen molar-refractivity contribution < 1.29 is 15.0 Å². The van der Waals surface area contributed by atoms with Gasteiger partial charge >= 0.3 is 5.97 Å². The highest BCUT2D eigenvalue weighted by atomic mass is 16.4. The number of nitroso groups, excluding NO2 is 1. The maximum absolute atomic E-state index is 10.4. The van der Waals surface area contributed by atoms with Crippen LogP contribution in [-0.4, -0.2) is 16.2 Å². The summed E-state index contributed by atoms with van der Waals surface area (Å²) in [7, 11) is 0. The molecule has 62 valence electrons. The standard InChI is InChI=1S/C7H5NO4/c9-6-2-4(7(10)11)1-5(3-6)8-12/h1-3,9H,(H,10,11). The second-order valence-electron chi connectivity index (χ2n) is 2.13. The van der Waals surface area contributed by atoms with Crippen molar-refractivity contribution in [1.82, 2.24) is 0 Å². The number of phenolic OH excluding ortho intramolecular Hbond substituents is 1. The van der Waals surface area contributed by atoms with E-state index in [1.165, 1.54) is 0 Å². The van der Waals surface area contributed by atoms with E-state index in [1.807, 2.05) is 0 Å². The van der Waals surface area contributed by atoms with Crippen LogP contribution in [0.1, 0.15) is 10.4 Å². The van der Waals surface area contributed by atoms with E-state index in [0.717, 1.165) is 18.2 Å². The molecule has 0 fully saturated rings. The maximum Gasteiger partial charge on any atom is 0.335 e. The molecule has 1 aromatic rings. The zero-order valence-electron chi connectivity index (χ0n) is 5.89. The summed E-state index contributed by atoms with van der Waals surface area (Å²) in [6, 6.07) is 3.20. The number of benzene rings is 1. The molecule has 0 aliphatic carbocycles. The molecule has 0 aliphatic rings. The van der Waals surface area contributed by atoms with Gasteiger partial charge < -0.3 is 10.2 Å². The van der Waals surface area contributed by atoms with E-state index in [4.69, 9.17) is 10.2 Å². The number of carbonyl (C=O) groups is 1. The highest BCUT2D eigenvalue weighted by molar-refractivity contribution is 5.89. The molecule has 0 saturated heterocycles. The Hall–Kier alpha value is -1.91. The normalized spacial score (nSPS) is 9.33. The Bertz CT molecular complexity index is 334. The Labute approximate surface area is 67.2 Å². The smallest absolute Gasteiger partial charge is 0.335 e. The summed E-state index contributed by atoms with van der Waals surface area (Å²) in [5.74, 6) is -1.50. The van der Waals surface area contributed by atoms with Gasteiger partial charge in [-0.1, -0.05) is 0 Å². The van der Waals surface area contributed by atoms with E-state index in [1.54, 1.807) is 0 Å². The average molecular weight is 167 g/mol. The first-order chi connectivity index (χ1) is 5.63. The zero-order valence-corrected chi connectivity index (χ0v) is 5.89. The molecule has 0 amide bonds. The maximum atomic E-state index is 10.4. The van der Waals surface area contributed by atoms with E-state index in [2.05, 4.69) is 5.18 Å². The van der Waals surface area contributed by atoms with Crippen molar-refractivity contribution >= 4 is 11.7 Å². The predicted octanol–water partition coefficient (Wildman–Crippen LogP) is 1.49. The lowest BCUT2D eigenvalue weighted by atomic mass is 10.2. The lowest BCUT2D eigenvalue weighted by Gasteiger charge is -1.96. The predicted molar refractivity (Wildman–Crippen MR) is 40.5 cm³/mol. The number of hydrogen-bond acceptors (Lipinski definition) is 4. The number of aromatic carboxylic acids is 1. The van der Waals surface area contributed by atoms with E-state index in [-0.39, 0.29) is 17.0 Å². The molecule has 0 radical (unpaired) electrons. The second-order valence-corrected chi connectivity index (χ2v) is 2.13. The minimum absolute atomic E-state index is 0.104. The fourth-order valence-electron chi connectivity index (χ4n) is 0.771. The van der Waals surface area contributed by atoms with Crippen LogP contribution in [0.5, 0.6) is 5.75 Å². The van der Waals surface area contributed by atoms with Crippen molar-refractivity contribution in [3.05, 3.63) is 28.7 Å². The van der Waals surface area contributed by atoms with Gasteiger partial charge in [0.1, 0.15) is 11.4 Å². The number of aromatic hydroxyl groups is 1. The molecular formula is C7H5NO4. The molecule has 0 saturated carbocycles. The van der Waals surface area contributed by atoms with Crippen molar-refractivity contribution in [1.29, 1.82) is 0 Å². The number of hydrogen-bond donors (Lipinski definition) is 2. The number of rotatable bonds is 2. The summed E-state index contributed by atoms with van der Waals surface area (Å²) < 4.78 is 0. The highest BCUT2D eigenvalue weighted by Crippen LogP contribution is 2.21. The van der Waals surface area contributed by atoms with Gasteiger partial charge in [-0.3, -0.25) is 0 Å². The number of carboxylic acid groups (broad SMARTS) is 1. The van der Waals surface area contributed by atoms with Gasteiger partial charge in [0.2, 0.25) is 0 Å². The topological polar surface area (TPSA) is 87.0 Å². The first-order valence-corrected chi connectivity index (χ1v) is 3.04. The first-order valence-electron chi connectivity index (χ1n) is 3.04. The Morgan fingerprint density at radius 3 is 2.50 bits per heavy atom. The second kappa shape index (κ2) is 3.00. The Balaban J connectivity index is 3.23. The summed E-state index contributed by atoms with van der Waals surface area (Å²) >= 11 is 0. The lowest BCUT2D eigenvalue weighted by molar-refractivity contribution is 0.0696. The fourth-order valence-corrected chi connectivity index (χ4v) is 0.771. The van der Waals surface area contributed by atoms with Crippen LogP contribution in [0.4, 0.5) is 5.69 Å². The molecule has 0 atom stereocenters. The summed E-state index contributed by atoms with van der Waals surface area (Å²) in [6.45, 7) is 0. The molecule has 1 rings (SSSR count). The van der Waals surface area contributed by atoms with Gasteiger partial charge in [-0.15, -0.1) is 4.91 Å². The Morgan fingerprint density at radius 2 is 2.00 bits per heavy atom. The summed E-state index contributed by atoms with van der Waals surface area (Å²) in [4.78, 5) is 20.3. The van der Waals surface area contributed by atoms with Crippen molar-refractivity contribution in [3.8, 4) is 5.75 Å². The number of carboxylic acids is 1. The van der Waals surface area contributed by atoms with E-state index in [0.29, 0.717) is 0 Å². The summed E-state index contributed by atoms with van der Waals surface area (Å²) in [5, 5.41) is 19.9. The molecule has 12 heavy (non-hydrogen) atoms. The molecule has 0 unspecified atom stereocenters. The molecule has 0 spiro atoms. The third-order valence-electron chi connectivity index (χ3n) is 1.25. The minimum Gasteiger partial charge on any atom is -0.508 e. The van der Waals surface area contributed by atoms with E-state index >= 15 is 0 Å². The molecule has 5 heteroatoms. The van der Waals surface area contributed by atoms with Gasteiger partial charge in [0.15, 0.2) is 0 Å². The van der Waals surface area contributed by atoms with Crippen LogP contribution in [0.15, 0.2) is 23.4 Å². The van der Waals surface area contributed by atoms with Gasteiger partial charge in [0.05, 0.1) is 5.56 Å². The van der Waals surface area contributed by atoms with Crippen molar-refractivity contribution in [2.24, 2.45) is 5.18 Å². The van der Waals surface area contributed by atoms with E-state index in [9.17, 15) is 9.70 Å². The zero-order chi connectivity index (χ0) is 9.14. The van der Waals surface area contributed by atoms with Crippen LogP contribution in [0.3, 0.4) is 0 Å². The quantitative estimate of drug-likeness (QED) is 0.653. The van der Waals surface area contributed by atoms with Gasteiger partial charge in [0, 0.05) is 6.07 Å². The molecule has 2 N–H and O–H groups in total. The third kappa shape index (κ3) is 1.57. The number of phenols is 1. The monoisotopic (exact) mass is 167 g/mol.